The van der Waals surface area contributed by atoms with Crippen molar-refractivity contribution in [2.24, 2.45) is 11.7 Å². The molecule has 21 heavy (non-hydrogen) atoms. The number of hydrogen-bond acceptors (Lipinski definition) is 3. The van der Waals surface area contributed by atoms with Crippen LogP contribution < -0.4 is 5.73 Å². The summed E-state index contributed by atoms with van der Waals surface area (Å²) in [6, 6.07) is 2.64. The molecule has 1 saturated carbocycles. The standard InChI is InChI=1S/C15H23FN2O2S/c1-10(2)18(9-12-4-5-12)21(19,20)15-7-13(8-17)6-14(16)11(15)3/h6-7,10,12H,4-5,8-9,17H2,1-3H3. The second kappa shape index (κ2) is 6.02. The topological polar surface area (TPSA) is 63.4 Å². The third-order valence-corrected chi connectivity index (χ3v) is 6.06. The second-order valence-corrected chi connectivity index (χ2v) is 7.88. The van der Waals surface area contributed by atoms with E-state index >= 15 is 0 Å². The molecule has 6 heteroatoms. The molecule has 4 nitrogen and oxygen atoms in total. The molecule has 0 spiro atoms. The predicted molar refractivity (Wildman–Crippen MR) is 80.8 cm³/mol. The average Bonchev–Trinajstić information content (AvgIpc) is 3.22. The van der Waals surface area contributed by atoms with Crippen LogP contribution in [0.15, 0.2) is 17.0 Å². The molecule has 0 bridgehead atoms. The molecule has 0 amide bonds. The molecule has 1 aromatic rings. The third-order valence-electron chi connectivity index (χ3n) is 3.89. The maximum absolute atomic E-state index is 14.0. The Balaban J connectivity index is 2.48. The molecule has 0 heterocycles. The molecular formula is C15H23FN2O2S. The monoisotopic (exact) mass is 314 g/mol. The lowest BCUT2D eigenvalue weighted by Crippen LogP contribution is -2.39. The molecular weight excluding hydrogens is 291 g/mol. The van der Waals surface area contributed by atoms with E-state index in [0.717, 1.165) is 12.8 Å². The Bertz CT molecular complexity index is 625. The summed E-state index contributed by atoms with van der Waals surface area (Å²) in [6.07, 6.45) is 2.13. The van der Waals surface area contributed by atoms with Crippen LogP contribution in [-0.4, -0.2) is 25.3 Å². The summed E-state index contributed by atoms with van der Waals surface area (Å²) < 4.78 is 41.2. The van der Waals surface area contributed by atoms with Crippen LogP contribution in [0, 0.1) is 18.7 Å². The number of sulfonamides is 1. The second-order valence-electron chi connectivity index (χ2n) is 6.02. The molecule has 1 aliphatic rings. The zero-order valence-electron chi connectivity index (χ0n) is 12.8. The summed E-state index contributed by atoms with van der Waals surface area (Å²) in [6.45, 7) is 5.81. The van der Waals surface area contributed by atoms with Crippen LogP contribution in [0.25, 0.3) is 0 Å². The summed E-state index contributed by atoms with van der Waals surface area (Å²) in [5, 5.41) is 0. The van der Waals surface area contributed by atoms with Gasteiger partial charge in [0, 0.05) is 24.7 Å². The Morgan fingerprint density at radius 2 is 2.00 bits per heavy atom. The molecule has 0 aliphatic heterocycles. The molecule has 0 radical (unpaired) electrons. The Hall–Kier alpha value is -0.980. The van der Waals surface area contributed by atoms with E-state index in [2.05, 4.69) is 0 Å². The summed E-state index contributed by atoms with van der Waals surface area (Å²) in [5.74, 6) is -0.0864. The summed E-state index contributed by atoms with van der Waals surface area (Å²) in [5.41, 5.74) is 6.19. The van der Waals surface area contributed by atoms with Gasteiger partial charge in [0.1, 0.15) is 5.82 Å². The Morgan fingerprint density at radius 3 is 2.48 bits per heavy atom. The first-order valence-electron chi connectivity index (χ1n) is 7.28. The molecule has 0 unspecified atom stereocenters. The zero-order chi connectivity index (χ0) is 15.8. The van der Waals surface area contributed by atoms with Crippen LogP contribution >= 0.6 is 0 Å². The van der Waals surface area contributed by atoms with Crippen molar-refractivity contribution in [3.63, 3.8) is 0 Å². The Kier molecular flexibility index (Phi) is 4.70. The maximum atomic E-state index is 14.0. The van der Waals surface area contributed by atoms with Gasteiger partial charge in [-0.05, 0) is 57.2 Å². The van der Waals surface area contributed by atoms with Gasteiger partial charge in [-0.15, -0.1) is 0 Å². The highest BCUT2D eigenvalue weighted by Gasteiger charge is 2.34. The number of rotatable bonds is 6. The van der Waals surface area contributed by atoms with Crippen molar-refractivity contribution in [3.05, 3.63) is 29.1 Å². The number of benzene rings is 1. The highest BCUT2D eigenvalue weighted by Crippen LogP contribution is 2.33. The lowest BCUT2D eigenvalue weighted by Gasteiger charge is -2.27. The van der Waals surface area contributed by atoms with Gasteiger partial charge in [0.15, 0.2) is 0 Å². The van der Waals surface area contributed by atoms with Crippen molar-refractivity contribution in [2.75, 3.05) is 6.54 Å². The molecule has 0 saturated heterocycles. The van der Waals surface area contributed by atoms with Crippen LogP contribution in [0.2, 0.25) is 0 Å². The zero-order valence-corrected chi connectivity index (χ0v) is 13.6. The van der Waals surface area contributed by atoms with Crippen LogP contribution in [0.3, 0.4) is 0 Å². The van der Waals surface area contributed by atoms with Crippen molar-refractivity contribution in [3.8, 4) is 0 Å². The van der Waals surface area contributed by atoms with E-state index in [4.69, 9.17) is 5.73 Å². The molecule has 2 N–H and O–H groups in total. The van der Waals surface area contributed by atoms with Gasteiger partial charge in [-0.25, -0.2) is 12.8 Å². The van der Waals surface area contributed by atoms with Crippen LogP contribution in [0.4, 0.5) is 4.39 Å². The van der Waals surface area contributed by atoms with Gasteiger partial charge in [0.25, 0.3) is 0 Å². The van der Waals surface area contributed by atoms with Gasteiger partial charge in [-0.3, -0.25) is 0 Å². The minimum absolute atomic E-state index is 0.0392. The molecule has 1 fully saturated rings. The highest BCUT2D eigenvalue weighted by molar-refractivity contribution is 7.89. The first-order chi connectivity index (χ1) is 9.77. The summed E-state index contributed by atoms with van der Waals surface area (Å²) in [7, 11) is -3.70. The molecule has 118 valence electrons. The van der Waals surface area contributed by atoms with E-state index in [1.807, 2.05) is 13.8 Å². The first-order valence-corrected chi connectivity index (χ1v) is 8.72. The van der Waals surface area contributed by atoms with Crippen LogP contribution in [0.1, 0.15) is 37.8 Å². The lowest BCUT2D eigenvalue weighted by atomic mass is 10.1. The van der Waals surface area contributed by atoms with E-state index in [9.17, 15) is 12.8 Å². The van der Waals surface area contributed by atoms with Gasteiger partial charge in [-0.1, -0.05) is 0 Å². The van der Waals surface area contributed by atoms with E-state index in [-0.39, 0.29) is 23.0 Å². The molecule has 2 rings (SSSR count). The predicted octanol–water partition coefficient (Wildman–Crippen LogP) is 2.40. The van der Waals surface area contributed by atoms with E-state index < -0.39 is 15.8 Å². The third kappa shape index (κ3) is 3.44. The van der Waals surface area contributed by atoms with Crippen molar-refractivity contribution in [1.82, 2.24) is 4.31 Å². The van der Waals surface area contributed by atoms with Crippen LogP contribution in [0.5, 0.6) is 0 Å². The fraction of sp³-hybridized carbons (Fsp3) is 0.600. The summed E-state index contributed by atoms with van der Waals surface area (Å²) in [4.78, 5) is 0.0392. The van der Waals surface area contributed by atoms with Gasteiger partial charge in [0.2, 0.25) is 10.0 Å². The molecule has 0 atom stereocenters. The minimum Gasteiger partial charge on any atom is -0.326 e. The fourth-order valence-electron chi connectivity index (χ4n) is 2.36. The Morgan fingerprint density at radius 1 is 1.38 bits per heavy atom. The van der Waals surface area contributed by atoms with E-state index in [0.29, 0.717) is 18.0 Å². The van der Waals surface area contributed by atoms with Crippen molar-refractivity contribution >= 4 is 10.0 Å². The number of halogens is 1. The van der Waals surface area contributed by atoms with Crippen LogP contribution in [-0.2, 0) is 16.6 Å². The largest absolute Gasteiger partial charge is 0.326 e. The normalized spacial score (nSPS) is 16.0. The molecule has 1 aromatic carbocycles. The van der Waals surface area contributed by atoms with E-state index in [1.165, 1.54) is 23.4 Å². The SMILES string of the molecule is Cc1c(F)cc(CN)cc1S(=O)(=O)N(CC1CC1)C(C)C. The van der Waals surface area contributed by atoms with Crippen molar-refractivity contribution < 1.29 is 12.8 Å². The van der Waals surface area contributed by atoms with Crippen molar-refractivity contribution in [1.29, 1.82) is 0 Å². The minimum atomic E-state index is -3.70. The fourth-order valence-corrected chi connectivity index (χ4v) is 4.36. The lowest BCUT2D eigenvalue weighted by molar-refractivity contribution is 0.341. The number of hydrogen-bond donors (Lipinski definition) is 1. The van der Waals surface area contributed by atoms with Gasteiger partial charge in [0.05, 0.1) is 4.90 Å². The smallest absolute Gasteiger partial charge is 0.243 e. The van der Waals surface area contributed by atoms with Crippen molar-refractivity contribution in [2.45, 2.75) is 51.1 Å². The maximum Gasteiger partial charge on any atom is 0.243 e. The first kappa shape index (κ1) is 16.4. The van der Waals surface area contributed by atoms with Gasteiger partial charge in [-0.2, -0.15) is 4.31 Å². The van der Waals surface area contributed by atoms with E-state index in [1.54, 1.807) is 0 Å². The highest BCUT2D eigenvalue weighted by atomic mass is 32.2. The number of nitrogens with zero attached hydrogens (tertiary/aromatic N) is 1. The quantitative estimate of drug-likeness (QED) is 0.877. The average molecular weight is 314 g/mol. The molecule has 0 aromatic heterocycles. The molecule has 1 aliphatic carbocycles. The summed E-state index contributed by atoms with van der Waals surface area (Å²) >= 11 is 0. The van der Waals surface area contributed by atoms with Gasteiger partial charge < -0.3 is 5.73 Å². The number of nitrogens with two attached hydrogens (primary N) is 1. The van der Waals surface area contributed by atoms with Gasteiger partial charge >= 0.3 is 0 Å². The Labute approximate surface area is 126 Å².